The fourth-order valence-corrected chi connectivity index (χ4v) is 27.4. The van der Waals surface area contributed by atoms with Gasteiger partial charge < -0.3 is 14.7 Å². The van der Waals surface area contributed by atoms with Gasteiger partial charge in [-0.2, -0.15) is 0 Å². The van der Waals surface area contributed by atoms with Crippen molar-refractivity contribution in [2.75, 3.05) is 19.6 Å². The first-order valence-electron chi connectivity index (χ1n) is 40.6. The van der Waals surface area contributed by atoms with Crippen LogP contribution in [0.15, 0.2) is 438 Å². The van der Waals surface area contributed by atoms with Gasteiger partial charge in [0.25, 0.3) is 13.4 Å². The fourth-order valence-electron chi connectivity index (χ4n) is 23.2. The highest BCUT2D eigenvalue weighted by Gasteiger charge is 2.60. The number of para-hydroxylation sites is 8. The van der Waals surface area contributed by atoms with Crippen LogP contribution < -0.4 is 52.4 Å². The fraction of sp³-hybridized carbons (Fsp3) is 0.0278. The van der Waals surface area contributed by atoms with Crippen LogP contribution in [-0.2, 0) is 16.2 Å². The number of aromatic nitrogens is 1. The molecule has 0 amide bonds. The van der Waals surface area contributed by atoms with Crippen molar-refractivity contribution >= 4 is 136 Å². The molecule has 17 aromatic carbocycles. The Balaban J connectivity index is 0.883. The van der Waals surface area contributed by atoms with Gasteiger partial charge in [-0.05, 0) is 166 Å². The third-order valence-corrected chi connectivity index (χ3v) is 31.1. The number of benzene rings is 17. The van der Waals surface area contributed by atoms with Crippen molar-refractivity contribution in [2.45, 2.75) is 35.8 Å². The molecule has 538 valence electrons. The maximum Gasteiger partial charge on any atom is 0.254 e. The maximum absolute atomic E-state index is 6.92. The Hall–Kier alpha value is -14.2. The van der Waals surface area contributed by atoms with Crippen LogP contribution in [0.4, 0.5) is 68.4 Å². The minimum Gasteiger partial charge on any atom is -0.311 e. The predicted molar refractivity (Wildman–Crippen MR) is 479 cm³/mol. The van der Waals surface area contributed by atoms with Crippen LogP contribution in [0.25, 0.3) is 10.9 Å². The van der Waals surface area contributed by atoms with E-state index in [4.69, 9.17) is 4.98 Å². The molecule has 0 fully saturated rings. The van der Waals surface area contributed by atoms with Crippen molar-refractivity contribution in [3.05, 3.63) is 485 Å². The van der Waals surface area contributed by atoms with Crippen molar-refractivity contribution in [1.29, 1.82) is 0 Å². The lowest BCUT2D eigenvalue weighted by molar-refractivity contribution is 0.730. The summed E-state index contributed by atoms with van der Waals surface area (Å²) in [5.74, 6) is 0.930. The molecule has 0 saturated carbocycles. The van der Waals surface area contributed by atoms with E-state index in [9.17, 15) is 0 Å². The van der Waals surface area contributed by atoms with Gasteiger partial charge in [-0.1, -0.05) is 352 Å². The minimum atomic E-state index is -2.29. The first kappa shape index (κ1) is 64.4. The van der Waals surface area contributed by atoms with E-state index in [1.54, 1.807) is 0 Å². The molecule has 0 saturated heterocycles. The molecule has 0 radical (unpaired) electrons. The number of fused-ring (bicyclic) bond motifs is 19. The zero-order valence-corrected chi connectivity index (χ0v) is 64.0. The molecular formula is C108H69B2N5S. The number of rotatable bonds is 8. The zero-order chi connectivity index (χ0) is 75.7. The molecule has 8 aliphatic heterocycles. The molecule has 0 bridgehead atoms. The molecule has 8 aliphatic rings. The lowest BCUT2D eigenvalue weighted by Gasteiger charge is -2.55. The van der Waals surface area contributed by atoms with E-state index < -0.39 is 26.3 Å². The topological polar surface area (TPSA) is 25.9 Å². The SMILES string of the molecule is c1ccc(C2(c3ccccc3)c3ccccc3N3c4cc5c6c7c(nc5c5c4B(c4cccc2c43)c2cccc3c2N5c2ccccc2S3(c2ccccc2)c2ccccc2)N2c3ccccc3C(c3ccccc3)(c3ccccc3)c3cccc(c32)B7c2cccc3c2N6c2ccccc2C3(c2ccccc2)c2ccccc2)cc1. The summed E-state index contributed by atoms with van der Waals surface area (Å²) in [6.45, 7) is -0.629. The van der Waals surface area contributed by atoms with E-state index in [-0.39, 0.29) is 13.4 Å². The molecule has 116 heavy (non-hydrogen) atoms. The molecule has 9 heterocycles. The number of hydrogen-bond acceptors (Lipinski definition) is 5. The molecule has 18 aromatic rings. The van der Waals surface area contributed by atoms with E-state index >= 15 is 0 Å². The number of nitrogens with zero attached hydrogens (tertiary/aromatic N) is 5. The van der Waals surface area contributed by atoms with Gasteiger partial charge in [-0.15, -0.1) is 10.0 Å². The highest BCUT2D eigenvalue weighted by atomic mass is 32.3. The van der Waals surface area contributed by atoms with Gasteiger partial charge in [0, 0.05) is 47.7 Å². The van der Waals surface area contributed by atoms with Gasteiger partial charge in [0.05, 0.1) is 61.6 Å². The van der Waals surface area contributed by atoms with Crippen molar-refractivity contribution in [3.63, 3.8) is 0 Å². The first-order chi connectivity index (χ1) is 57.6. The number of pyridine rings is 1. The number of hydrogen-bond donors (Lipinski definition) is 0. The quantitative estimate of drug-likeness (QED) is 0.141. The van der Waals surface area contributed by atoms with Crippen LogP contribution in [0, 0.1) is 0 Å². The highest BCUT2D eigenvalue weighted by molar-refractivity contribution is 8.34. The molecule has 5 nitrogen and oxygen atoms in total. The van der Waals surface area contributed by atoms with Gasteiger partial charge in [0.15, 0.2) is 0 Å². The Kier molecular flexibility index (Phi) is 13.2. The molecular weight excluding hydrogens is 1420 g/mol. The molecule has 0 atom stereocenters. The highest BCUT2D eigenvalue weighted by Crippen LogP contribution is 2.80. The Morgan fingerprint density at radius 3 is 0.974 bits per heavy atom. The summed E-state index contributed by atoms with van der Waals surface area (Å²) >= 11 is 0. The summed E-state index contributed by atoms with van der Waals surface area (Å²) in [6.07, 6.45) is 0. The van der Waals surface area contributed by atoms with E-state index in [1.165, 1.54) is 142 Å². The number of anilines is 12. The molecule has 0 N–H and O–H groups in total. The lowest BCUT2D eigenvalue weighted by Crippen LogP contribution is -2.64. The summed E-state index contributed by atoms with van der Waals surface area (Å²) in [7, 11) is -2.29. The van der Waals surface area contributed by atoms with Gasteiger partial charge in [0.2, 0.25) is 0 Å². The Morgan fingerprint density at radius 2 is 0.534 bits per heavy atom. The smallest absolute Gasteiger partial charge is 0.254 e. The van der Waals surface area contributed by atoms with E-state index in [1.807, 2.05) is 0 Å². The van der Waals surface area contributed by atoms with E-state index in [0.29, 0.717) is 0 Å². The normalized spacial score (nSPS) is 15.9. The second-order valence-corrected chi connectivity index (χ2v) is 35.1. The summed E-state index contributed by atoms with van der Waals surface area (Å²) in [6, 6.07) is 161. The molecule has 8 heteroatoms. The van der Waals surface area contributed by atoms with Gasteiger partial charge in [-0.25, -0.2) is 4.98 Å². The summed E-state index contributed by atoms with van der Waals surface area (Å²) in [5.41, 5.74) is 33.4. The van der Waals surface area contributed by atoms with Crippen molar-refractivity contribution < 1.29 is 0 Å². The van der Waals surface area contributed by atoms with E-state index in [2.05, 4.69) is 438 Å². The molecule has 0 spiro atoms. The minimum absolute atomic E-state index is 0.298. The van der Waals surface area contributed by atoms with Crippen LogP contribution >= 0.6 is 10.0 Å². The third-order valence-electron chi connectivity index (χ3n) is 27.2. The third kappa shape index (κ3) is 7.79. The Morgan fingerprint density at radius 1 is 0.224 bits per heavy atom. The Labute approximate surface area is 676 Å². The maximum atomic E-state index is 6.92. The van der Waals surface area contributed by atoms with Crippen LogP contribution in [0.5, 0.6) is 0 Å². The molecule has 0 unspecified atom stereocenters. The monoisotopic (exact) mass is 1490 g/mol. The molecule has 0 aliphatic carbocycles. The zero-order valence-electron chi connectivity index (χ0n) is 63.1. The Bertz CT molecular complexity index is 6580. The van der Waals surface area contributed by atoms with Crippen molar-refractivity contribution in [2.24, 2.45) is 0 Å². The van der Waals surface area contributed by atoms with Crippen LogP contribution in [0.1, 0.15) is 66.8 Å². The summed E-state index contributed by atoms with van der Waals surface area (Å²) < 4.78 is 0. The van der Waals surface area contributed by atoms with E-state index in [0.717, 1.165) is 56.5 Å². The average Bonchev–Trinajstić information content (AvgIpc) is 0.650. The van der Waals surface area contributed by atoms with Crippen LogP contribution in [0.3, 0.4) is 0 Å². The second-order valence-electron chi connectivity index (χ2n) is 32.1. The largest absolute Gasteiger partial charge is 0.311 e. The first-order valence-corrected chi connectivity index (χ1v) is 42.2. The van der Waals surface area contributed by atoms with Gasteiger partial charge in [-0.3, -0.25) is 4.90 Å². The van der Waals surface area contributed by atoms with Gasteiger partial charge in [0.1, 0.15) is 5.82 Å². The molecule has 26 rings (SSSR count). The summed E-state index contributed by atoms with van der Waals surface area (Å²) in [5, 5.41) is 1.08. The van der Waals surface area contributed by atoms with Crippen LogP contribution in [0.2, 0.25) is 0 Å². The second kappa shape index (κ2) is 23.7. The lowest BCUT2D eigenvalue weighted by atomic mass is 9.32. The van der Waals surface area contributed by atoms with Gasteiger partial charge >= 0.3 is 0 Å². The molecule has 1 aromatic heterocycles. The summed E-state index contributed by atoms with van der Waals surface area (Å²) in [4.78, 5) is 23.0. The standard InChI is InChI=1S/C108H69B2N5S/c1-9-37-70(38-10-1)106(71-39-11-2-12-40-71)79-53-25-28-63-89(79)112-93-69-78-98(104-96(93)109(85-59-33-56-82(106)100(85)112)88-62-36-68-95-103(88)114(104)92-66-31-32-67-94(92)116(95,76-49-21-7-22-50-76)77-51-23-8-24-52-77)111-105-97-99(78)113-90-64-29-26-54-80(90)107(72-41-13-3-14-42-72,73-43-15-4-16-44-73)83-57-34-60-86(101(83)113)110(97)87-61-35-58-84-102(87)115(105)91-65-30-27-55-81(91)108(84,74-45-17-5-18-46-74)75-47-19-6-20-48-75/h1-69H. The van der Waals surface area contributed by atoms with Crippen molar-refractivity contribution in [1.82, 2.24) is 4.98 Å². The van der Waals surface area contributed by atoms with Crippen molar-refractivity contribution in [3.8, 4) is 0 Å². The average molecular weight is 1490 g/mol. The van der Waals surface area contributed by atoms with Crippen LogP contribution in [-0.4, -0.2) is 18.4 Å². The predicted octanol–water partition coefficient (Wildman–Crippen LogP) is 22.1.